The van der Waals surface area contributed by atoms with E-state index in [1.165, 1.54) is 59.9 Å². The molecule has 1 radical (unpaired) electrons. The van der Waals surface area contributed by atoms with E-state index in [-0.39, 0.29) is 0 Å². The smallest absolute Gasteiger partial charge is 0.0273 e. The Morgan fingerprint density at radius 1 is 0.611 bits per heavy atom. The summed E-state index contributed by atoms with van der Waals surface area (Å²) in [6.07, 6.45) is 7.62. The van der Waals surface area contributed by atoms with Gasteiger partial charge in [-0.1, -0.05) is 32.6 Å². The van der Waals surface area contributed by atoms with Crippen molar-refractivity contribution in [3.8, 4) is 0 Å². The predicted octanol–water partition coefficient (Wildman–Crippen LogP) is 5.56. The third-order valence-electron chi connectivity index (χ3n) is 4.58. The van der Waals surface area contributed by atoms with Gasteiger partial charge in [-0.3, -0.25) is 0 Å². The molecule has 0 saturated carbocycles. The molecule has 0 saturated heterocycles. The highest BCUT2D eigenvalue weighted by atomic mass is 14.2. The SMILES string of the molecule is [CH2]CCCCCCc1c(C)c(C)c(C)c(C)c1C. The average molecular weight is 245 g/mol. The lowest BCUT2D eigenvalue weighted by atomic mass is 9.87. The Bertz CT molecular complexity index is 370. The van der Waals surface area contributed by atoms with E-state index in [1.54, 1.807) is 5.56 Å². The van der Waals surface area contributed by atoms with Crippen molar-refractivity contribution < 1.29 is 0 Å². The van der Waals surface area contributed by atoms with E-state index in [9.17, 15) is 0 Å². The van der Waals surface area contributed by atoms with E-state index in [0.29, 0.717) is 0 Å². The first-order chi connectivity index (χ1) is 8.50. The van der Waals surface area contributed by atoms with Gasteiger partial charge in [-0.15, -0.1) is 0 Å². The molecule has 0 aliphatic rings. The first kappa shape index (κ1) is 15.3. The summed E-state index contributed by atoms with van der Waals surface area (Å²) >= 11 is 0. The third kappa shape index (κ3) is 3.37. The average Bonchev–Trinajstić information content (AvgIpc) is 2.37. The number of benzene rings is 1. The molecule has 0 spiro atoms. The van der Waals surface area contributed by atoms with Crippen LogP contribution in [-0.4, -0.2) is 0 Å². The summed E-state index contributed by atoms with van der Waals surface area (Å²) in [6.45, 7) is 15.3. The molecule has 0 fully saturated rings. The summed E-state index contributed by atoms with van der Waals surface area (Å²) in [5, 5.41) is 0. The molecule has 0 amide bonds. The molecule has 0 aromatic heterocycles. The fraction of sp³-hybridized carbons (Fsp3) is 0.611. The molecule has 0 N–H and O–H groups in total. The molecular weight excluding hydrogens is 216 g/mol. The van der Waals surface area contributed by atoms with Crippen LogP contribution < -0.4 is 0 Å². The normalized spacial score (nSPS) is 11.0. The van der Waals surface area contributed by atoms with Crippen molar-refractivity contribution in [1.29, 1.82) is 0 Å². The Morgan fingerprint density at radius 3 is 1.56 bits per heavy atom. The van der Waals surface area contributed by atoms with Crippen molar-refractivity contribution in [2.24, 2.45) is 0 Å². The first-order valence-corrected chi connectivity index (χ1v) is 7.35. The zero-order valence-corrected chi connectivity index (χ0v) is 12.9. The van der Waals surface area contributed by atoms with Crippen molar-refractivity contribution in [3.05, 3.63) is 40.3 Å². The standard InChI is InChI=1S/C18H29/c1-7-8-9-10-11-12-18-16(5)14(3)13(2)15(4)17(18)6/h1,7-12H2,2-6H3. The van der Waals surface area contributed by atoms with Crippen LogP contribution in [0.4, 0.5) is 0 Å². The van der Waals surface area contributed by atoms with Crippen molar-refractivity contribution in [2.45, 2.75) is 73.1 Å². The maximum atomic E-state index is 3.90. The van der Waals surface area contributed by atoms with E-state index in [2.05, 4.69) is 41.5 Å². The van der Waals surface area contributed by atoms with Crippen molar-refractivity contribution in [3.63, 3.8) is 0 Å². The second kappa shape index (κ2) is 6.97. The maximum absolute atomic E-state index is 3.90. The van der Waals surface area contributed by atoms with Crippen LogP contribution in [0.3, 0.4) is 0 Å². The monoisotopic (exact) mass is 245 g/mol. The van der Waals surface area contributed by atoms with Crippen LogP contribution >= 0.6 is 0 Å². The maximum Gasteiger partial charge on any atom is -0.0273 e. The van der Waals surface area contributed by atoms with Gasteiger partial charge in [-0.25, -0.2) is 0 Å². The molecule has 1 aromatic carbocycles. The molecule has 0 atom stereocenters. The molecule has 101 valence electrons. The molecule has 0 nitrogen and oxygen atoms in total. The highest BCUT2D eigenvalue weighted by Crippen LogP contribution is 2.27. The molecule has 18 heavy (non-hydrogen) atoms. The van der Waals surface area contributed by atoms with Crippen LogP contribution in [0, 0.1) is 41.5 Å². The van der Waals surface area contributed by atoms with E-state index in [1.807, 2.05) is 0 Å². The topological polar surface area (TPSA) is 0 Å². The molecule has 1 rings (SSSR count). The first-order valence-electron chi connectivity index (χ1n) is 7.35. The number of rotatable bonds is 6. The van der Waals surface area contributed by atoms with E-state index >= 15 is 0 Å². The van der Waals surface area contributed by atoms with E-state index in [0.717, 1.165) is 6.42 Å². The van der Waals surface area contributed by atoms with Gasteiger partial charge in [0.1, 0.15) is 0 Å². The molecule has 0 aliphatic heterocycles. The number of unbranched alkanes of at least 4 members (excludes halogenated alkanes) is 4. The Labute approximate surface area is 114 Å². The summed E-state index contributed by atoms with van der Waals surface area (Å²) in [7, 11) is 0. The number of hydrogen-bond acceptors (Lipinski definition) is 0. The van der Waals surface area contributed by atoms with Crippen molar-refractivity contribution in [1.82, 2.24) is 0 Å². The molecule has 0 heterocycles. The van der Waals surface area contributed by atoms with Crippen molar-refractivity contribution >= 4 is 0 Å². The largest absolute Gasteiger partial charge is 0.0533 e. The fourth-order valence-electron chi connectivity index (χ4n) is 2.78. The van der Waals surface area contributed by atoms with Crippen LogP contribution in [0.1, 0.15) is 65.5 Å². The molecule has 0 heteroatoms. The summed E-state index contributed by atoms with van der Waals surface area (Å²) in [4.78, 5) is 0. The van der Waals surface area contributed by atoms with Crippen molar-refractivity contribution in [2.75, 3.05) is 0 Å². The summed E-state index contributed by atoms with van der Waals surface area (Å²) < 4.78 is 0. The Hall–Kier alpha value is -0.780. The van der Waals surface area contributed by atoms with Crippen LogP contribution in [0.15, 0.2) is 0 Å². The molecule has 1 aromatic rings. The zero-order valence-electron chi connectivity index (χ0n) is 12.9. The summed E-state index contributed by atoms with van der Waals surface area (Å²) in [5.74, 6) is 0. The Kier molecular flexibility index (Phi) is 5.91. The van der Waals surface area contributed by atoms with E-state index < -0.39 is 0 Å². The van der Waals surface area contributed by atoms with Gasteiger partial charge < -0.3 is 0 Å². The van der Waals surface area contributed by atoms with Gasteiger partial charge in [0.2, 0.25) is 0 Å². The van der Waals surface area contributed by atoms with Crippen LogP contribution in [0.5, 0.6) is 0 Å². The van der Waals surface area contributed by atoms with Gasteiger partial charge in [0, 0.05) is 0 Å². The lowest BCUT2D eigenvalue weighted by Crippen LogP contribution is -2.03. The van der Waals surface area contributed by atoms with Gasteiger partial charge in [0.05, 0.1) is 0 Å². The van der Waals surface area contributed by atoms with Gasteiger partial charge in [0.25, 0.3) is 0 Å². The second-order valence-electron chi connectivity index (χ2n) is 5.62. The molecule has 0 unspecified atom stereocenters. The third-order valence-corrected chi connectivity index (χ3v) is 4.58. The van der Waals surface area contributed by atoms with Crippen LogP contribution in [0.25, 0.3) is 0 Å². The number of hydrogen-bond donors (Lipinski definition) is 0. The highest BCUT2D eigenvalue weighted by Gasteiger charge is 2.11. The minimum absolute atomic E-state index is 1.08. The van der Waals surface area contributed by atoms with Gasteiger partial charge in [0.15, 0.2) is 0 Å². The molecule has 0 bridgehead atoms. The quantitative estimate of drug-likeness (QED) is 0.576. The lowest BCUT2D eigenvalue weighted by molar-refractivity contribution is 0.643. The van der Waals surface area contributed by atoms with Gasteiger partial charge >= 0.3 is 0 Å². The van der Waals surface area contributed by atoms with Gasteiger partial charge in [-0.05, 0) is 80.8 Å². The zero-order chi connectivity index (χ0) is 13.7. The van der Waals surface area contributed by atoms with Crippen LogP contribution in [0.2, 0.25) is 0 Å². The minimum Gasteiger partial charge on any atom is -0.0533 e. The lowest BCUT2D eigenvalue weighted by Gasteiger charge is -2.18. The minimum atomic E-state index is 1.08. The Morgan fingerprint density at radius 2 is 1.06 bits per heavy atom. The Balaban J connectivity index is 2.77. The summed E-state index contributed by atoms with van der Waals surface area (Å²) in [5.41, 5.74) is 9.10. The highest BCUT2D eigenvalue weighted by molar-refractivity contribution is 5.49. The molecule has 0 aliphatic carbocycles. The van der Waals surface area contributed by atoms with Crippen LogP contribution in [-0.2, 0) is 6.42 Å². The summed E-state index contributed by atoms with van der Waals surface area (Å²) in [6, 6.07) is 0. The second-order valence-corrected chi connectivity index (χ2v) is 5.62. The van der Waals surface area contributed by atoms with E-state index in [4.69, 9.17) is 0 Å². The molecular formula is C18H29. The predicted molar refractivity (Wildman–Crippen MR) is 82.3 cm³/mol. The van der Waals surface area contributed by atoms with Gasteiger partial charge in [-0.2, -0.15) is 0 Å². The fourth-order valence-corrected chi connectivity index (χ4v) is 2.78.